The number of carbonyl (C=O) groups is 2. The largest absolute Gasteiger partial charge is 0.466 e. The second-order valence-corrected chi connectivity index (χ2v) is 8.54. The van der Waals surface area contributed by atoms with E-state index >= 15 is 0 Å². The molecule has 2 aromatic carbocycles. The Hall–Kier alpha value is -3.46. The number of halogens is 2. The van der Waals surface area contributed by atoms with Crippen molar-refractivity contribution in [3.05, 3.63) is 93.7 Å². The average Bonchev–Trinajstić information content (AvgIpc) is 3.23. The van der Waals surface area contributed by atoms with Crippen molar-refractivity contribution >= 4 is 28.8 Å². The molecule has 0 saturated carbocycles. The van der Waals surface area contributed by atoms with Crippen LogP contribution in [0, 0.1) is 11.6 Å². The third-order valence-electron chi connectivity index (χ3n) is 5.55. The molecule has 0 saturated heterocycles. The standard InChI is InChI=1S/C25H23F2N3O3S/c1-3-20-22(24(32)33-2)23(18-9-4-5-10-19(18)27)30-17(14-34-25(30)29-20)12-21(31)28-13-15-7-6-8-16(26)11-15/h4-11,14,23H,3,12-13H2,1-2H3,(H,28,31). The number of amidine groups is 1. The minimum Gasteiger partial charge on any atom is -0.466 e. The van der Waals surface area contributed by atoms with Crippen LogP contribution in [0.5, 0.6) is 0 Å². The number of ether oxygens (including phenoxy) is 1. The van der Waals surface area contributed by atoms with Crippen LogP contribution in [-0.2, 0) is 20.9 Å². The molecule has 0 spiro atoms. The van der Waals surface area contributed by atoms with Crippen LogP contribution in [0.4, 0.5) is 8.78 Å². The highest BCUT2D eigenvalue weighted by atomic mass is 32.2. The Labute approximate surface area is 200 Å². The summed E-state index contributed by atoms with van der Waals surface area (Å²) in [5, 5.41) is 5.12. The number of nitrogens with zero attached hydrogens (tertiary/aromatic N) is 2. The molecule has 1 atom stereocenters. The van der Waals surface area contributed by atoms with Crippen LogP contribution in [0.25, 0.3) is 0 Å². The first kappa shape index (κ1) is 23.7. The number of carbonyl (C=O) groups excluding carboxylic acids is 2. The van der Waals surface area contributed by atoms with Crippen LogP contribution in [0.2, 0.25) is 0 Å². The lowest BCUT2D eigenvalue weighted by molar-refractivity contribution is -0.136. The molecule has 2 heterocycles. The number of thioether (sulfide) groups is 1. The predicted molar refractivity (Wildman–Crippen MR) is 126 cm³/mol. The summed E-state index contributed by atoms with van der Waals surface area (Å²) in [5.74, 6) is -1.75. The predicted octanol–water partition coefficient (Wildman–Crippen LogP) is 4.81. The van der Waals surface area contributed by atoms with E-state index in [0.717, 1.165) is 0 Å². The average molecular weight is 484 g/mol. The van der Waals surface area contributed by atoms with E-state index in [9.17, 15) is 18.4 Å². The summed E-state index contributed by atoms with van der Waals surface area (Å²) in [6.07, 6.45) is 0.430. The Morgan fingerprint density at radius 3 is 2.68 bits per heavy atom. The molecular formula is C25H23F2N3O3S. The number of fused-ring (bicyclic) bond motifs is 1. The van der Waals surface area contributed by atoms with Gasteiger partial charge in [-0.15, -0.1) is 0 Å². The number of allylic oxidation sites excluding steroid dienone is 1. The maximum absolute atomic E-state index is 15.0. The van der Waals surface area contributed by atoms with Gasteiger partial charge >= 0.3 is 5.97 Å². The molecular weight excluding hydrogens is 460 g/mol. The molecule has 1 amide bonds. The molecule has 1 unspecified atom stereocenters. The highest BCUT2D eigenvalue weighted by Crippen LogP contribution is 2.45. The van der Waals surface area contributed by atoms with Crippen LogP contribution < -0.4 is 5.32 Å². The number of hydrogen-bond acceptors (Lipinski definition) is 6. The van der Waals surface area contributed by atoms with E-state index in [2.05, 4.69) is 10.3 Å². The van der Waals surface area contributed by atoms with Crippen molar-refractivity contribution in [1.82, 2.24) is 10.2 Å². The van der Waals surface area contributed by atoms with Gasteiger partial charge in [-0.2, -0.15) is 0 Å². The number of hydrogen-bond donors (Lipinski definition) is 1. The number of methoxy groups -OCH3 is 1. The topological polar surface area (TPSA) is 71.0 Å². The summed E-state index contributed by atoms with van der Waals surface area (Å²) >= 11 is 1.31. The molecule has 2 aliphatic rings. The highest BCUT2D eigenvalue weighted by molar-refractivity contribution is 8.16. The van der Waals surface area contributed by atoms with Gasteiger partial charge in [-0.25, -0.2) is 18.6 Å². The Bertz CT molecular complexity index is 1230. The van der Waals surface area contributed by atoms with Gasteiger partial charge in [-0.1, -0.05) is 49.0 Å². The van der Waals surface area contributed by atoms with Gasteiger partial charge in [0.05, 0.1) is 30.8 Å². The zero-order valence-electron chi connectivity index (χ0n) is 18.7. The van der Waals surface area contributed by atoms with Crippen LogP contribution in [0.1, 0.15) is 36.9 Å². The summed E-state index contributed by atoms with van der Waals surface area (Å²) in [7, 11) is 1.27. The van der Waals surface area contributed by atoms with Gasteiger partial charge in [-0.3, -0.25) is 4.79 Å². The lowest BCUT2D eigenvalue weighted by atomic mass is 9.92. The van der Waals surface area contributed by atoms with E-state index < -0.39 is 17.8 Å². The molecule has 4 rings (SSSR count). The van der Waals surface area contributed by atoms with Gasteiger partial charge < -0.3 is 15.0 Å². The molecule has 0 fully saturated rings. The third-order valence-corrected chi connectivity index (χ3v) is 6.44. The van der Waals surface area contributed by atoms with Gasteiger partial charge in [0, 0.05) is 17.8 Å². The van der Waals surface area contributed by atoms with E-state index in [1.165, 1.54) is 37.1 Å². The zero-order valence-corrected chi connectivity index (χ0v) is 19.5. The number of rotatable bonds is 7. The quantitative estimate of drug-likeness (QED) is 0.573. The second-order valence-electron chi connectivity index (χ2n) is 7.70. The first-order valence-electron chi connectivity index (χ1n) is 10.7. The van der Waals surface area contributed by atoms with Crippen LogP contribution >= 0.6 is 11.8 Å². The summed E-state index contributed by atoms with van der Waals surface area (Å²) in [5.41, 5.74) is 2.26. The van der Waals surface area contributed by atoms with E-state index in [1.807, 2.05) is 6.92 Å². The molecule has 0 aliphatic carbocycles. The lowest BCUT2D eigenvalue weighted by Gasteiger charge is -2.36. The number of benzene rings is 2. The third kappa shape index (κ3) is 4.75. The summed E-state index contributed by atoms with van der Waals surface area (Å²) < 4.78 is 33.4. The minimum atomic E-state index is -0.826. The fourth-order valence-corrected chi connectivity index (χ4v) is 4.92. The highest BCUT2D eigenvalue weighted by Gasteiger charge is 2.42. The smallest absolute Gasteiger partial charge is 0.338 e. The van der Waals surface area contributed by atoms with Crippen molar-refractivity contribution in [2.75, 3.05) is 7.11 Å². The molecule has 2 aliphatic heterocycles. The minimum absolute atomic E-state index is 0.0256. The van der Waals surface area contributed by atoms with E-state index in [-0.39, 0.29) is 35.8 Å². The Kier molecular flexibility index (Phi) is 7.12. The van der Waals surface area contributed by atoms with Crippen molar-refractivity contribution in [2.45, 2.75) is 32.4 Å². The van der Waals surface area contributed by atoms with Crippen molar-refractivity contribution in [1.29, 1.82) is 0 Å². The monoisotopic (exact) mass is 483 g/mol. The van der Waals surface area contributed by atoms with Gasteiger partial charge in [-0.05, 0) is 35.6 Å². The SMILES string of the molecule is CCC1=C(C(=O)OC)C(c2ccccc2F)N2C(CC(=O)NCc3cccc(F)c3)=CSC2=N1. The van der Waals surface area contributed by atoms with E-state index in [1.54, 1.807) is 40.6 Å². The molecule has 0 aromatic heterocycles. The van der Waals surface area contributed by atoms with Crippen LogP contribution in [0.3, 0.4) is 0 Å². The van der Waals surface area contributed by atoms with E-state index in [4.69, 9.17) is 4.74 Å². The molecule has 0 bridgehead atoms. The Morgan fingerprint density at radius 1 is 1.18 bits per heavy atom. The van der Waals surface area contributed by atoms with Crippen molar-refractivity contribution in [3.8, 4) is 0 Å². The molecule has 2 aromatic rings. The van der Waals surface area contributed by atoms with Gasteiger partial charge in [0.15, 0.2) is 5.17 Å². The Morgan fingerprint density at radius 2 is 1.97 bits per heavy atom. The number of amides is 1. The van der Waals surface area contributed by atoms with Crippen molar-refractivity contribution in [2.24, 2.45) is 4.99 Å². The summed E-state index contributed by atoms with van der Waals surface area (Å²) in [6, 6.07) is 11.4. The van der Waals surface area contributed by atoms with Crippen molar-refractivity contribution < 1.29 is 23.1 Å². The van der Waals surface area contributed by atoms with Crippen molar-refractivity contribution in [3.63, 3.8) is 0 Å². The first-order valence-corrected chi connectivity index (χ1v) is 11.6. The van der Waals surface area contributed by atoms with Crippen LogP contribution in [0.15, 0.2) is 75.9 Å². The van der Waals surface area contributed by atoms with Gasteiger partial charge in [0.1, 0.15) is 11.6 Å². The molecule has 1 N–H and O–H groups in total. The fourth-order valence-electron chi connectivity index (χ4n) is 3.98. The van der Waals surface area contributed by atoms with Gasteiger partial charge in [0.2, 0.25) is 5.91 Å². The molecule has 176 valence electrons. The maximum Gasteiger partial charge on any atom is 0.338 e. The molecule has 6 nitrogen and oxygen atoms in total. The normalized spacial score (nSPS) is 17.2. The number of esters is 1. The molecule has 34 heavy (non-hydrogen) atoms. The maximum atomic E-state index is 15.0. The summed E-state index contributed by atoms with van der Waals surface area (Å²) in [6.45, 7) is 2.03. The fraction of sp³-hybridized carbons (Fsp3) is 0.240. The zero-order chi connectivity index (χ0) is 24.2. The van der Waals surface area contributed by atoms with E-state index in [0.29, 0.717) is 28.5 Å². The number of nitrogens with one attached hydrogen (secondary N) is 1. The second kappa shape index (κ2) is 10.2. The van der Waals surface area contributed by atoms with Crippen LogP contribution in [-0.4, -0.2) is 29.1 Å². The number of aliphatic imine (C=N–C) groups is 1. The Balaban J connectivity index is 1.63. The molecule has 9 heteroatoms. The first-order chi connectivity index (χ1) is 16.4. The summed E-state index contributed by atoms with van der Waals surface area (Å²) in [4.78, 5) is 31.9. The molecule has 0 radical (unpaired) electrons. The van der Waals surface area contributed by atoms with Gasteiger partial charge in [0.25, 0.3) is 0 Å². The lowest BCUT2D eigenvalue weighted by Crippen LogP contribution is -2.38.